The van der Waals surface area contributed by atoms with Gasteiger partial charge in [0.05, 0.1) is 44.0 Å². The Labute approximate surface area is 289 Å². The lowest BCUT2D eigenvalue weighted by molar-refractivity contribution is -0.151. The highest BCUT2D eigenvalue weighted by Crippen LogP contribution is 2.60. The van der Waals surface area contributed by atoms with Crippen LogP contribution in [0.4, 0.5) is 16.2 Å². The van der Waals surface area contributed by atoms with E-state index in [0.717, 1.165) is 21.2 Å². The Morgan fingerprint density at radius 1 is 1.06 bits per heavy atom. The van der Waals surface area contributed by atoms with Crippen LogP contribution in [0.3, 0.4) is 0 Å². The summed E-state index contributed by atoms with van der Waals surface area (Å²) in [6.45, 7) is 6.89. The van der Waals surface area contributed by atoms with Gasteiger partial charge in [-0.1, -0.05) is 59.3 Å². The highest BCUT2D eigenvalue weighted by atomic mass is 79.9. The lowest BCUT2D eigenvalue weighted by atomic mass is 9.82. The van der Waals surface area contributed by atoms with Crippen molar-refractivity contribution < 1.29 is 33.8 Å². The summed E-state index contributed by atoms with van der Waals surface area (Å²) in [5.74, 6) is -0.851. The molecule has 4 aliphatic rings. The van der Waals surface area contributed by atoms with Gasteiger partial charge in [-0.05, 0) is 66.5 Å². The minimum absolute atomic E-state index is 0.0169. The Morgan fingerprint density at radius 3 is 2.54 bits per heavy atom. The molecule has 2 fully saturated rings. The fourth-order valence-electron chi connectivity index (χ4n) is 8.37. The van der Waals surface area contributed by atoms with Crippen molar-refractivity contribution in [2.75, 3.05) is 29.6 Å². The van der Waals surface area contributed by atoms with Crippen LogP contribution in [0.1, 0.15) is 35.6 Å². The molecule has 5 atom stereocenters. The first-order valence-electron chi connectivity index (χ1n) is 16.4. The number of aliphatic hydroxyl groups excluding tert-OH is 1. The Morgan fingerprint density at radius 2 is 1.83 bits per heavy atom. The van der Waals surface area contributed by atoms with Gasteiger partial charge in [0.2, 0.25) is 5.91 Å². The van der Waals surface area contributed by atoms with E-state index in [0.29, 0.717) is 43.1 Å². The Kier molecular flexibility index (Phi) is 8.52. The molecule has 0 aliphatic carbocycles. The average Bonchev–Trinajstić information content (AvgIpc) is 3.69. The van der Waals surface area contributed by atoms with Crippen molar-refractivity contribution in [3.63, 3.8) is 0 Å². The number of cyclic esters (lactones) is 1. The number of hydrogen-bond acceptors (Lipinski definition) is 7. The number of anilines is 2. The quantitative estimate of drug-likeness (QED) is 0.325. The van der Waals surface area contributed by atoms with Gasteiger partial charge in [-0.2, -0.15) is 0 Å². The summed E-state index contributed by atoms with van der Waals surface area (Å²) >= 11 is 3.60. The van der Waals surface area contributed by atoms with Crippen molar-refractivity contribution in [1.82, 2.24) is 4.90 Å². The summed E-state index contributed by atoms with van der Waals surface area (Å²) in [7, 11) is -3.01. The second-order valence-corrected chi connectivity index (χ2v) is 18.8. The van der Waals surface area contributed by atoms with Crippen LogP contribution < -0.4 is 9.80 Å². The van der Waals surface area contributed by atoms with Gasteiger partial charge in [0, 0.05) is 33.7 Å². The number of aliphatic hydroxyl groups is 1. The predicted molar refractivity (Wildman–Crippen MR) is 186 cm³/mol. The molecule has 48 heavy (non-hydrogen) atoms. The maximum Gasteiger partial charge on any atom is 0.414 e. The van der Waals surface area contributed by atoms with Crippen LogP contribution in [0.2, 0.25) is 18.6 Å². The highest BCUT2D eigenvalue weighted by Gasteiger charge is 2.66. The molecule has 12 heteroatoms. The van der Waals surface area contributed by atoms with Crippen LogP contribution in [-0.2, 0) is 44.2 Å². The van der Waals surface area contributed by atoms with Crippen LogP contribution in [-0.4, -0.2) is 72.9 Å². The number of carbonyl (C=O) groups is 3. The van der Waals surface area contributed by atoms with Gasteiger partial charge in [0.25, 0.3) is 5.91 Å². The van der Waals surface area contributed by atoms with E-state index in [1.807, 2.05) is 86.7 Å². The van der Waals surface area contributed by atoms with Gasteiger partial charge in [0.15, 0.2) is 13.9 Å². The molecule has 252 valence electrons. The van der Waals surface area contributed by atoms with E-state index in [2.05, 4.69) is 15.9 Å². The lowest BCUT2D eigenvalue weighted by Crippen LogP contribution is -2.48. The van der Waals surface area contributed by atoms with Crippen molar-refractivity contribution >= 4 is 53.5 Å². The van der Waals surface area contributed by atoms with Crippen molar-refractivity contribution in [2.24, 2.45) is 5.92 Å². The SMILES string of the molecule is C[C@H]1[C@H]([Si](C)(C)O)[C@@H](CC(=O)N2Cc3ccccc3C[C@H]2CO)O[C@]12C(=O)N(Cc1cccc(N3CCOC3=O)c1)c1ccc(Br)cc12. The Balaban J connectivity index is 1.22. The molecule has 0 unspecified atom stereocenters. The van der Waals surface area contributed by atoms with Gasteiger partial charge < -0.3 is 29.2 Å². The van der Waals surface area contributed by atoms with Gasteiger partial charge in [-0.15, -0.1) is 0 Å². The zero-order chi connectivity index (χ0) is 34.0. The number of ether oxygens (including phenoxy) is 2. The number of rotatable bonds is 7. The Hall–Kier alpha value is -3.55. The number of halogens is 1. The molecule has 7 rings (SSSR count). The molecule has 1 spiro atoms. The van der Waals surface area contributed by atoms with Gasteiger partial charge >= 0.3 is 6.09 Å². The smallest absolute Gasteiger partial charge is 0.414 e. The third kappa shape index (κ3) is 5.47. The fourth-order valence-corrected chi connectivity index (χ4v) is 11.3. The fraction of sp³-hybridized carbons (Fsp3) is 0.417. The molecule has 4 aliphatic heterocycles. The molecule has 2 N–H and O–H groups in total. The topological polar surface area (TPSA) is 120 Å². The molecular formula is C36H40BrN3O7Si. The standard InChI is InChI=1S/C36H40BrN3O7Si/c1-22-33(48(2,3)45)31(18-32(42)39-20-25-9-5-4-8-24(25)16-28(39)21-41)47-36(22)29-17-26(37)11-12-30(29)40(34(36)43)19-23-7-6-10-27(15-23)38-13-14-46-35(38)44/h4-12,15,17,22,28,31,33,41,45H,13-14,16,18-21H2,1-3H3/t22-,28-,31+,33-,36+/m0/s1. The molecule has 10 nitrogen and oxygen atoms in total. The second-order valence-electron chi connectivity index (χ2n) is 13.9. The monoisotopic (exact) mass is 733 g/mol. The molecule has 0 aromatic heterocycles. The van der Waals surface area contributed by atoms with E-state index >= 15 is 0 Å². The normalized spacial score (nSPS) is 26.7. The van der Waals surface area contributed by atoms with Crippen LogP contribution in [0, 0.1) is 5.92 Å². The zero-order valence-corrected chi connectivity index (χ0v) is 29.9. The van der Waals surface area contributed by atoms with Crippen molar-refractivity contribution in [3.8, 4) is 0 Å². The summed E-state index contributed by atoms with van der Waals surface area (Å²) in [5.41, 5.74) is 3.27. The molecule has 3 amide bonds. The number of carbonyl (C=O) groups excluding carboxylic acids is 3. The van der Waals surface area contributed by atoms with Crippen LogP contribution in [0.25, 0.3) is 0 Å². The van der Waals surface area contributed by atoms with Gasteiger partial charge in [0.1, 0.15) is 6.61 Å². The lowest BCUT2D eigenvalue weighted by Gasteiger charge is -2.37. The molecule has 4 heterocycles. The molecular weight excluding hydrogens is 694 g/mol. The predicted octanol–water partition coefficient (Wildman–Crippen LogP) is 5.09. The number of nitrogens with zero attached hydrogens (tertiary/aromatic N) is 3. The Bertz CT molecular complexity index is 1780. The summed E-state index contributed by atoms with van der Waals surface area (Å²) in [6, 6.07) is 20.8. The minimum Gasteiger partial charge on any atom is -0.447 e. The van der Waals surface area contributed by atoms with E-state index in [1.165, 1.54) is 0 Å². The molecule has 3 aromatic rings. The van der Waals surface area contributed by atoms with Crippen molar-refractivity contribution in [1.29, 1.82) is 0 Å². The summed E-state index contributed by atoms with van der Waals surface area (Å²) in [6.07, 6.45) is -0.566. The van der Waals surface area contributed by atoms with E-state index in [-0.39, 0.29) is 37.4 Å². The number of amides is 3. The maximum atomic E-state index is 14.9. The second kappa shape index (κ2) is 12.4. The van der Waals surface area contributed by atoms with Crippen molar-refractivity contribution in [3.05, 3.63) is 93.5 Å². The first-order valence-corrected chi connectivity index (χ1v) is 20.3. The molecule has 0 bridgehead atoms. The third-order valence-corrected chi connectivity index (χ3v) is 13.5. The highest BCUT2D eigenvalue weighted by molar-refractivity contribution is 9.10. The number of fused-ring (bicyclic) bond motifs is 3. The first-order chi connectivity index (χ1) is 22.9. The third-order valence-electron chi connectivity index (χ3n) is 10.5. The molecule has 0 radical (unpaired) electrons. The first kappa shape index (κ1) is 33.0. The number of benzene rings is 3. The van der Waals surface area contributed by atoms with E-state index in [9.17, 15) is 24.3 Å². The minimum atomic E-state index is -3.01. The van der Waals surface area contributed by atoms with Crippen LogP contribution in [0.5, 0.6) is 0 Å². The average molecular weight is 735 g/mol. The summed E-state index contributed by atoms with van der Waals surface area (Å²) < 4.78 is 12.8. The summed E-state index contributed by atoms with van der Waals surface area (Å²) in [5, 5.41) is 10.3. The van der Waals surface area contributed by atoms with Gasteiger partial charge in [-0.25, -0.2) is 4.79 Å². The molecule has 3 aromatic carbocycles. The van der Waals surface area contributed by atoms with Crippen molar-refractivity contribution in [2.45, 2.75) is 69.2 Å². The van der Waals surface area contributed by atoms with Crippen LogP contribution in [0.15, 0.2) is 71.2 Å². The molecule has 0 saturated carbocycles. The largest absolute Gasteiger partial charge is 0.447 e. The summed E-state index contributed by atoms with van der Waals surface area (Å²) in [4.78, 5) is 57.9. The van der Waals surface area contributed by atoms with Gasteiger partial charge in [-0.3, -0.25) is 14.5 Å². The van der Waals surface area contributed by atoms with E-state index < -0.39 is 37.6 Å². The van der Waals surface area contributed by atoms with E-state index in [4.69, 9.17) is 9.47 Å². The molecule has 2 saturated heterocycles. The maximum absolute atomic E-state index is 14.9. The van der Waals surface area contributed by atoms with Crippen LogP contribution >= 0.6 is 15.9 Å². The zero-order valence-electron chi connectivity index (χ0n) is 27.3. The number of hydrogen-bond donors (Lipinski definition) is 2. The van der Waals surface area contributed by atoms with E-state index in [1.54, 1.807) is 14.7 Å².